The summed E-state index contributed by atoms with van der Waals surface area (Å²) in [6, 6.07) is 9.44. The van der Waals surface area contributed by atoms with Gasteiger partial charge in [-0.15, -0.1) is 0 Å². The number of carbonyl (C=O) groups excluding carboxylic acids is 1. The Kier molecular flexibility index (Phi) is 7.30. The Morgan fingerprint density at radius 1 is 0.952 bits per heavy atom. The molecule has 1 aromatic carbocycles. The molecule has 0 radical (unpaired) electrons. The number of unbranched alkanes of at least 4 members (excludes halogenated alkanes) is 3. The molecule has 0 spiro atoms. The van der Waals surface area contributed by atoms with Crippen LogP contribution in [-0.2, 0) is 0 Å². The van der Waals surface area contributed by atoms with Crippen molar-refractivity contribution in [1.82, 2.24) is 10.2 Å². The van der Waals surface area contributed by atoms with Crippen LogP contribution in [0, 0.1) is 0 Å². The number of piperidine rings is 1. The van der Waals surface area contributed by atoms with Gasteiger partial charge in [-0.1, -0.05) is 37.5 Å². The quantitative estimate of drug-likeness (QED) is 0.743. The van der Waals surface area contributed by atoms with Gasteiger partial charge in [0.15, 0.2) is 0 Å². The minimum Gasteiger partial charge on any atom is -0.352 e. The first-order chi connectivity index (χ1) is 10.4. The third-order valence-corrected chi connectivity index (χ3v) is 4.17. The van der Waals surface area contributed by atoms with Gasteiger partial charge in [0.25, 0.3) is 5.91 Å². The molecule has 0 bridgehead atoms. The first-order valence-electron chi connectivity index (χ1n) is 8.42. The zero-order valence-corrected chi connectivity index (χ0v) is 13.0. The smallest absolute Gasteiger partial charge is 0.251 e. The molecular formula is C18H28N2O. The summed E-state index contributed by atoms with van der Waals surface area (Å²) in [6.45, 7) is 4.65. The molecule has 1 aliphatic rings. The molecule has 1 saturated heterocycles. The Morgan fingerprint density at radius 3 is 2.43 bits per heavy atom. The summed E-state index contributed by atoms with van der Waals surface area (Å²) in [6.07, 6.45) is 9.04. The van der Waals surface area contributed by atoms with E-state index >= 15 is 0 Å². The van der Waals surface area contributed by atoms with E-state index in [1.807, 2.05) is 30.3 Å². The van der Waals surface area contributed by atoms with Crippen molar-refractivity contribution in [3.05, 3.63) is 35.9 Å². The van der Waals surface area contributed by atoms with E-state index in [2.05, 4.69) is 10.2 Å². The standard InChI is InChI=1S/C18H28N2O/c21-18(17-11-5-3-6-12-17)19-13-7-1-2-8-14-20-15-9-4-10-16-20/h3,5-6,11-12H,1-2,4,7-10,13-16H2,(H,19,21). The molecule has 1 aromatic rings. The van der Waals surface area contributed by atoms with Crippen LogP contribution in [0.5, 0.6) is 0 Å². The van der Waals surface area contributed by atoms with Gasteiger partial charge in [0.2, 0.25) is 0 Å². The summed E-state index contributed by atoms with van der Waals surface area (Å²) in [4.78, 5) is 14.4. The highest BCUT2D eigenvalue weighted by atomic mass is 16.1. The maximum atomic E-state index is 11.8. The molecule has 2 rings (SSSR count). The molecule has 116 valence electrons. The van der Waals surface area contributed by atoms with Gasteiger partial charge in [0.1, 0.15) is 0 Å². The lowest BCUT2D eigenvalue weighted by atomic mass is 10.1. The number of rotatable bonds is 8. The van der Waals surface area contributed by atoms with E-state index < -0.39 is 0 Å². The highest BCUT2D eigenvalue weighted by molar-refractivity contribution is 5.94. The third-order valence-electron chi connectivity index (χ3n) is 4.17. The molecule has 1 N–H and O–H groups in total. The SMILES string of the molecule is O=C(NCCCCCCN1CCCCC1)c1ccccc1. The maximum absolute atomic E-state index is 11.8. The largest absolute Gasteiger partial charge is 0.352 e. The van der Waals surface area contributed by atoms with Crippen molar-refractivity contribution in [3.63, 3.8) is 0 Å². The third kappa shape index (κ3) is 6.30. The number of nitrogens with one attached hydrogen (secondary N) is 1. The predicted molar refractivity (Wildman–Crippen MR) is 87.5 cm³/mol. The topological polar surface area (TPSA) is 32.3 Å². The highest BCUT2D eigenvalue weighted by Crippen LogP contribution is 2.10. The van der Waals surface area contributed by atoms with Crippen LogP contribution in [0.3, 0.4) is 0 Å². The van der Waals surface area contributed by atoms with Crippen LogP contribution in [-0.4, -0.2) is 37.0 Å². The summed E-state index contributed by atoms with van der Waals surface area (Å²) >= 11 is 0. The number of carbonyl (C=O) groups is 1. The Bertz CT molecular complexity index is 399. The fourth-order valence-corrected chi connectivity index (χ4v) is 2.89. The van der Waals surface area contributed by atoms with Crippen LogP contribution >= 0.6 is 0 Å². The van der Waals surface area contributed by atoms with E-state index in [-0.39, 0.29) is 5.91 Å². The maximum Gasteiger partial charge on any atom is 0.251 e. The second-order valence-corrected chi connectivity index (χ2v) is 5.94. The van der Waals surface area contributed by atoms with Gasteiger partial charge < -0.3 is 10.2 Å². The Balaban J connectivity index is 1.45. The summed E-state index contributed by atoms with van der Waals surface area (Å²) in [5.41, 5.74) is 0.752. The zero-order chi connectivity index (χ0) is 14.8. The van der Waals surface area contributed by atoms with Crippen molar-refractivity contribution >= 4 is 5.91 Å². The summed E-state index contributed by atoms with van der Waals surface area (Å²) in [7, 11) is 0. The molecule has 0 aliphatic carbocycles. The first kappa shape index (κ1) is 16.0. The average Bonchev–Trinajstić information content (AvgIpc) is 2.55. The Labute approximate surface area is 128 Å². The second-order valence-electron chi connectivity index (χ2n) is 5.94. The van der Waals surface area contributed by atoms with Crippen LogP contribution in [0.15, 0.2) is 30.3 Å². The van der Waals surface area contributed by atoms with Crippen LogP contribution < -0.4 is 5.32 Å². The Hall–Kier alpha value is -1.35. The van der Waals surface area contributed by atoms with E-state index in [9.17, 15) is 4.79 Å². The van der Waals surface area contributed by atoms with Crippen LogP contribution in [0.4, 0.5) is 0 Å². The van der Waals surface area contributed by atoms with Crippen LogP contribution in [0.1, 0.15) is 55.3 Å². The van der Waals surface area contributed by atoms with Crippen LogP contribution in [0.2, 0.25) is 0 Å². The van der Waals surface area contributed by atoms with Crippen LogP contribution in [0.25, 0.3) is 0 Å². The van der Waals surface area contributed by atoms with Crippen molar-refractivity contribution in [3.8, 4) is 0 Å². The van der Waals surface area contributed by atoms with Gasteiger partial charge in [-0.05, 0) is 57.5 Å². The minimum atomic E-state index is 0.0453. The van der Waals surface area contributed by atoms with Gasteiger partial charge in [-0.25, -0.2) is 0 Å². The molecule has 1 heterocycles. The Morgan fingerprint density at radius 2 is 1.67 bits per heavy atom. The van der Waals surface area contributed by atoms with Crippen molar-refractivity contribution in [2.45, 2.75) is 44.9 Å². The average molecular weight is 288 g/mol. The van der Waals surface area contributed by atoms with Crippen molar-refractivity contribution in [2.75, 3.05) is 26.2 Å². The minimum absolute atomic E-state index is 0.0453. The number of hydrogen-bond acceptors (Lipinski definition) is 2. The molecule has 3 nitrogen and oxygen atoms in total. The summed E-state index contributed by atoms with van der Waals surface area (Å²) in [5, 5.41) is 2.99. The predicted octanol–water partition coefficient (Wildman–Crippen LogP) is 3.46. The fraction of sp³-hybridized carbons (Fsp3) is 0.611. The number of nitrogens with zero attached hydrogens (tertiary/aromatic N) is 1. The molecule has 0 atom stereocenters. The molecule has 0 unspecified atom stereocenters. The fourth-order valence-electron chi connectivity index (χ4n) is 2.89. The van der Waals surface area contributed by atoms with Gasteiger partial charge in [-0.3, -0.25) is 4.79 Å². The van der Waals surface area contributed by atoms with E-state index in [1.54, 1.807) is 0 Å². The van der Waals surface area contributed by atoms with Crippen molar-refractivity contribution < 1.29 is 4.79 Å². The van der Waals surface area contributed by atoms with E-state index in [1.165, 1.54) is 58.2 Å². The number of benzene rings is 1. The van der Waals surface area contributed by atoms with Crippen molar-refractivity contribution in [1.29, 1.82) is 0 Å². The van der Waals surface area contributed by atoms with Gasteiger partial charge in [-0.2, -0.15) is 0 Å². The van der Waals surface area contributed by atoms with E-state index in [4.69, 9.17) is 0 Å². The van der Waals surface area contributed by atoms with Crippen molar-refractivity contribution in [2.24, 2.45) is 0 Å². The molecule has 1 aliphatic heterocycles. The lowest BCUT2D eigenvalue weighted by molar-refractivity contribution is 0.0953. The molecule has 0 aromatic heterocycles. The molecule has 3 heteroatoms. The second kappa shape index (κ2) is 9.56. The molecule has 1 fully saturated rings. The number of hydrogen-bond donors (Lipinski definition) is 1. The monoisotopic (exact) mass is 288 g/mol. The van der Waals surface area contributed by atoms with Gasteiger partial charge in [0, 0.05) is 12.1 Å². The highest BCUT2D eigenvalue weighted by Gasteiger charge is 2.08. The molecular weight excluding hydrogens is 260 g/mol. The molecule has 0 saturated carbocycles. The first-order valence-corrected chi connectivity index (χ1v) is 8.42. The summed E-state index contributed by atoms with van der Waals surface area (Å²) in [5.74, 6) is 0.0453. The lowest BCUT2D eigenvalue weighted by Crippen LogP contribution is -2.30. The molecule has 21 heavy (non-hydrogen) atoms. The van der Waals surface area contributed by atoms with E-state index in [0.717, 1.165) is 18.5 Å². The normalized spacial score (nSPS) is 15.8. The molecule has 1 amide bonds. The summed E-state index contributed by atoms with van der Waals surface area (Å²) < 4.78 is 0. The van der Waals surface area contributed by atoms with E-state index in [0.29, 0.717) is 0 Å². The van der Waals surface area contributed by atoms with Gasteiger partial charge >= 0.3 is 0 Å². The number of likely N-dealkylation sites (tertiary alicyclic amines) is 1. The number of amides is 1. The van der Waals surface area contributed by atoms with Gasteiger partial charge in [0.05, 0.1) is 0 Å². The lowest BCUT2D eigenvalue weighted by Gasteiger charge is -2.26. The zero-order valence-electron chi connectivity index (χ0n) is 13.0.